The summed E-state index contributed by atoms with van der Waals surface area (Å²) < 4.78 is 0. The fourth-order valence-electron chi connectivity index (χ4n) is 2.13. The van der Waals surface area contributed by atoms with Gasteiger partial charge in [0, 0.05) is 17.8 Å². The fraction of sp³-hybridized carbons (Fsp3) is 0.118. The second-order valence-electron chi connectivity index (χ2n) is 4.92. The van der Waals surface area contributed by atoms with Gasteiger partial charge in [-0.3, -0.25) is 9.78 Å². The summed E-state index contributed by atoms with van der Waals surface area (Å²) in [5.41, 5.74) is 1.60. The summed E-state index contributed by atoms with van der Waals surface area (Å²) in [6.07, 6.45) is 3.39. The van der Waals surface area contributed by atoms with Crippen molar-refractivity contribution in [3.8, 4) is 0 Å². The molecule has 3 aromatic rings. The van der Waals surface area contributed by atoms with E-state index in [9.17, 15) is 4.79 Å². The van der Waals surface area contributed by atoms with Gasteiger partial charge in [0.15, 0.2) is 0 Å². The summed E-state index contributed by atoms with van der Waals surface area (Å²) in [7, 11) is 0. The van der Waals surface area contributed by atoms with Crippen LogP contribution in [0.15, 0.2) is 59.9 Å². The molecule has 0 bridgehead atoms. The highest BCUT2D eigenvalue weighted by molar-refractivity contribution is 8.00. The van der Waals surface area contributed by atoms with Crippen LogP contribution in [0.5, 0.6) is 0 Å². The van der Waals surface area contributed by atoms with E-state index >= 15 is 0 Å². The van der Waals surface area contributed by atoms with Crippen molar-refractivity contribution in [3.63, 3.8) is 0 Å². The highest BCUT2D eigenvalue weighted by atomic mass is 35.5. The van der Waals surface area contributed by atoms with Crippen LogP contribution in [0.25, 0.3) is 10.9 Å². The minimum absolute atomic E-state index is 0.104. The van der Waals surface area contributed by atoms with Crippen LogP contribution >= 0.6 is 23.4 Å². The number of nitrogens with one attached hydrogen (secondary N) is 1. The molecule has 6 heteroatoms. The number of pyridine rings is 2. The van der Waals surface area contributed by atoms with Crippen molar-refractivity contribution in [2.45, 2.75) is 17.2 Å². The van der Waals surface area contributed by atoms with Crippen molar-refractivity contribution in [1.82, 2.24) is 9.97 Å². The maximum absolute atomic E-state index is 12.4. The van der Waals surface area contributed by atoms with Crippen LogP contribution in [0.1, 0.15) is 6.92 Å². The highest BCUT2D eigenvalue weighted by Gasteiger charge is 2.17. The molecule has 0 radical (unpaired) electrons. The predicted octanol–water partition coefficient (Wildman–Crippen LogP) is 4.40. The molecule has 2 aromatic heterocycles. The zero-order chi connectivity index (χ0) is 16.2. The van der Waals surface area contributed by atoms with Crippen LogP contribution in [-0.4, -0.2) is 21.1 Å². The molecule has 0 aliphatic carbocycles. The Balaban J connectivity index is 1.77. The molecule has 0 saturated carbocycles. The van der Waals surface area contributed by atoms with Crippen LogP contribution in [0, 0.1) is 0 Å². The molecule has 0 saturated heterocycles. The van der Waals surface area contributed by atoms with Crippen molar-refractivity contribution in [1.29, 1.82) is 0 Å². The van der Waals surface area contributed by atoms with Gasteiger partial charge in [-0.1, -0.05) is 29.4 Å². The van der Waals surface area contributed by atoms with E-state index in [0.717, 1.165) is 16.6 Å². The lowest BCUT2D eigenvalue weighted by Gasteiger charge is -2.13. The zero-order valence-corrected chi connectivity index (χ0v) is 13.9. The lowest BCUT2D eigenvalue weighted by molar-refractivity contribution is -0.115. The van der Waals surface area contributed by atoms with Gasteiger partial charge < -0.3 is 5.32 Å². The number of carbonyl (C=O) groups is 1. The van der Waals surface area contributed by atoms with E-state index in [1.165, 1.54) is 11.8 Å². The standard InChI is InChI=1S/C17H14ClN3OS/c1-11(23-17-13(18)6-4-10-20-17)16(22)21-15-8-2-7-14-12(15)5-3-9-19-14/h2-11H,1H3,(H,21,22). The van der Waals surface area contributed by atoms with E-state index in [4.69, 9.17) is 11.6 Å². The monoisotopic (exact) mass is 343 g/mol. The van der Waals surface area contributed by atoms with Crippen molar-refractivity contribution in [2.24, 2.45) is 0 Å². The van der Waals surface area contributed by atoms with Gasteiger partial charge >= 0.3 is 0 Å². The van der Waals surface area contributed by atoms with Gasteiger partial charge in [-0.05, 0) is 43.3 Å². The van der Waals surface area contributed by atoms with Crippen LogP contribution < -0.4 is 5.32 Å². The van der Waals surface area contributed by atoms with Gasteiger partial charge in [-0.25, -0.2) is 4.98 Å². The minimum Gasteiger partial charge on any atom is -0.324 e. The average molecular weight is 344 g/mol. The molecule has 1 unspecified atom stereocenters. The Morgan fingerprint density at radius 1 is 1.13 bits per heavy atom. The molecule has 1 amide bonds. The Labute approximate surface area is 143 Å². The smallest absolute Gasteiger partial charge is 0.237 e. The van der Waals surface area contributed by atoms with Crippen LogP contribution in [0.4, 0.5) is 5.69 Å². The number of amides is 1. The summed E-state index contributed by atoms with van der Waals surface area (Å²) in [5, 5.41) is 4.74. The maximum Gasteiger partial charge on any atom is 0.237 e. The molecular formula is C17H14ClN3OS. The van der Waals surface area contributed by atoms with Crippen molar-refractivity contribution < 1.29 is 4.79 Å². The summed E-state index contributed by atoms with van der Waals surface area (Å²) in [6.45, 7) is 1.83. The van der Waals surface area contributed by atoms with Crippen LogP contribution in [0.3, 0.4) is 0 Å². The Bertz CT molecular complexity index is 851. The average Bonchev–Trinajstić information content (AvgIpc) is 2.57. The number of carbonyl (C=O) groups excluding carboxylic acids is 1. The van der Waals surface area contributed by atoms with E-state index in [2.05, 4.69) is 15.3 Å². The molecule has 1 N–H and O–H groups in total. The summed E-state index contributed by atoms with van der Waals surface area (Å²) >= 11 is 7.42. The molecule has 0 aliphatic rings. The van der Waals surface area contributed by atoms with Gasteiger partial charge in [0.1, 0.15) is 5.03 Å². The van der Waals surface area contributed by atoms with Gasteiger partial charge in [-0.15, -0.1) is 0 Å². The third-order valence-electron chi connectivity index (χ3n) is 3.29. The molecular weight excluding hydrogens is 330 g/mol. The molecule has 2 heterocycles. The highest BCUT2D eigenvalue weighted by Crippen LogP contribution is 2.29. The molecule has 0 fully saturated rings. The van der Waals surface area contributed by atoms with Crippen LogP contribution in [-0.2, 0) is 4.79 Å². The summed E-state index contributed by atoms with van der Waals surface area (Å²) in [6, 6.07) is 13.0. The van der Waals surface area contributed by atoms with E-state index in [1.54, 1.807) is 24.5 Å². The number of benzene rings is 1. The lowest BCUT2D eigenvalue weighted by Crippen LogP contribution is -2.22. The quantitative estimate of drug-likeness (QED) is 0.713. The maximum atomic E-state index is 12.4. The predicted molar refractivity (Wildman–Crippen MR) is 94.9 cm³/mol. The molecule has 0 aliphatic heterocycles. The number of anilines is 1. The van der Waals surface area contributed by atoms with Crippen molar-refractivity contribution >= 4 is 45.9 Å². The van der Waals surface area contributed by atoms with E-state index < -0.39 is 0 Å². The van der Waals surface area contributed by atoms with E-state index in [0.29, 0.717) is 10.0 Å². The zero-order valence-electron chi connectivity index (χ0n) is 12.4. The van der Waals surface area contributed by atoms with Gasteiger partial charge in [-0.2, -0.15) is 0 Å². The number of rotatable bonds is 4. The van der Waals surface area contributed by atoms with Gasteiger partial charge in [0.05, 0.1) is 21.5 Å². The molecule has 3 rings (SSSR count). The molecule has 4 nitrogen and oxygen atoms in total. The normalized spacial score (nSPS) is 12.1. The molecule has 1 atom stereocenters. The first-order valence-electron chi connectivity index (χ1n) is 7.07. The first kappa shape index (κ1) is 15.8. The molecule has 116 valence electrons. The minimum atomic E-state index is -0.325. The number of hydrogen-bond donors (Lipinski definition) is 1. The van der Waals surface area contributed by atoms with Gasteiger partial charge in [0.2, 0.25) is 5.91 Å². The number of nitrogens with zero attached hydrogens (tertiary/aromatic N) is 2. The number of fused-ring (bicyclic) bond motifs is 1. The number of hydrogen-bond acceptors (Lipinski definition) is 4. The third kappa shape index (κ3) is 3.63. The third-order valence-corrected chi connectivity index (χ3v) is 4.82. The molecule has 23 heavy (non-hydrogen) atoms. The Hall–Kier alpha value is -2.11. The number of halogens is 1. The first-order valence-corrected chi connectivity index (χ1v) is 8.32. The summed E-state index contributed by atoms with van der Waals surface area (Å²) in [4.78, 5) is 20.9. The topological polar surface area (TPSA) is 54.9 Å². The Morgan fingerprint density at radius 3 is 2.74 bits per heavy atom. The fourth-order valence-corrected chi connectivity index (χ4v) is 3.18. The van der Waals surface area contributed by atoms with Crippen molar-refractivity contribution in [3.05, 3.63) is 59.9 Å². The SMILES string of the molecule is CC(Sc1ncccc1Cl)C(=O)Nc1cccc2ncccc12. The Morgan fingerprint density at radius 2 is 1.91 bits per heavy atom. The lowest BCUT2D eigenvalue weighted by atomic mass is 10.2. The van der Waals surface area contributed by atoms with Gasteiger partial charge in [0.25, 0.3) is 0 Å². The summed E-state index contributed by atoms with van der Waals surface area (Å²) in [5.74, 6) is -0.104. The van der Waals surface area contributed by atoms with E-state index in [-0.39, 0.29) is 11.2 Å². The Kier molecular flexibility index (Phi) is 4.79. The molecule has 0 spiro atoms. The second-order valence-corrected chi connectivity index (χ2v) is 6.65. The largest absolute Gasteiger partial charge is 0.324 e. The first-order chi connectivity index (χ1) is 11.1. The number of thioether (sulfide) groups is 1. The molecule has 1 aromatic carbocycles. The van der Waals surface area contributed by atoms with Crippen molar-refractivity contribution in [2.75, 3.05) is 5.32 Å². The second kappa shape index (κ2) is 6.98. The van der Waals surface area contributed by atoms with Crippen LogP contribution in [0.2, 0.25) is 5.02 Å². The number of aromatic nitrogens is 2. The van der Waals surface area contributed by atoms with E-state index in [1.807, 2.05) is 37.3 Å².